The van der Waals surface area contributed by atoms with Crippen LogP contribution in [0.15, 0.2) is 56.1 Å². The molecule has 0 radical (unpaired) electrons. The molecule has 2 aliphatic rings. The Hall–Kier alpha value is -4.11. The number of aromatic nitrogens is 1. The lowest BCUT2D eigenvalue weighted by molar-refractivity contribution is 0.398. The van der Waals surface area contributed by atoms with E-state index >= 15 is 0 Å². The molecule has 0 atom stereocenters. The van der Waals surface area contributed by atoms with E-state index in [1.165, 1.54) is 11.3 Å². The number of nitriles is 1. The molecule has 2 aliphatic heterocycles. The molecule has 0 saturated heterocycles. The van der Waals surface area contributed by atoms with Crippen LogP contribution in [-0.4, -0.2) is 18.1 Å². The van der Waals surface area contributed by atoms with Gasteiger partial charge in [0.2, 0.25) is 5.89 Å². The fourth-order valence-electron chi connectivity index (χ4n) is 6.30. The topological polar surface area (TPSA) is 83.3 Å². The quantitative estimate of drug-likeness (QED) is 0.241. The number of fused-ring (bicyclic) bond motifs is 5. The lowest BCUT2D eigenvalue weighted by Gasteiger charge is -2.48. The second-order valence-electron chi connectivity index (χ2n) is 11.7. The van der Waals surface area contributed by atoms with Crippen LogP contribution >= 0.6 is 0 Å². The molecule has 0 spiro atoms. The van der Waals surface area contributed by atoms with Gasteiger partial charge in [0, 0.05) is 35.1 Å². The molecule has 5 aromatic rings. The third kappa shape index (κ3) is 2.97. The van der Waals surface area contributed by atoms with Gasteiger partial charge >= 0.3 is 5.63 Å². The maximum atomic E-state index is 13.6. The van der Waals surface area contributed by atoms with Gasteiger partial charge in [-0.05, 0) is 46.8 Å². The van der Waals surface area contributed by atoms with Gasteiger partial charge in [-0.2, -0.15) is 5.26 Å². The van der Waals surface area contributed by atoms with Crippen molar-refractivity contribution in [2.45, 2.75) is 51.4 Å². The lowest BCUT2D eigenvalue weighted by atomic mass is 9.69. The van der Waals surface area contributed by atoms with Gasteiger partial charge in [-0.3, -0.25) is 0 Å². The maximum absolute atomic E-state index is 13.6. The van der Waals surface area contributed by atoms with Gasteiger partial charge < -0.3 is 13.7 Å². The molecule has 0 unspecified atom stereocenters. The molecule has 4 heterocycles. The van der Waals surface area contributed by atoms with Crippen LogP contribution in [0, 0.1) is 11.3 Å². The van der Waals surface area contributed by atoms with E-state index in [1.54, 1.807) is 0 Å². The monoisotopic (exact) mass is 489 g/mol. The smallest absolute Gasteiger partial charge is 0.350 e. The Morgan fingerprint density at radius 1 is 0.946 bits per heavy atom. The van der Waals surface area contributed by atoms with Crippen molar-refractivity contribution in [1.82, 2.24) is 4.98 Å². The highest BCUT2D eigenvalue weighted by molar-refractivity contribution is 6.04. The van der Waals surface area contributed by atoms with Gasteiger partial charge in [0.1, 0.15) is 22.7 Å². The number of anilines is 1. The second kappa shape index (κ2) is 7.23. The highest BCUT2D eigenvalue weighted by Crippen LogP contribution is 2.52. The number of rotatable bonds is 1. The molecular formula is C31H27N3O3. The average Bonchev–Trinajstić information content (AvgIpc) is 3.30. The zero-order valence-corrected chi connectivity index (χ0v) is 21.4. The zero-order chi connectivity index (χ0) is 25.7. The summed E-state index contributed by atoms with van der Waals surface area (Å²) >= 11 is 0. The SMILES string of the molecule is CC1(C)CCN2CCC(C)(C)c3c2c1cc1c(C#N)c(-c2nc4ccc5ccccc5c4o2)c(=O)oc31. The van der Waals surface area contributed by atoms with E-state index < -0.39 is 5.63 Å². The molecule has 0 fully saturated rings. The van der Waals surface area contributed by atoms with Crippen LogP contribution in [-0.2, 0) is 10.8 Å². The highest BCUT2D eigenvalue weighted by atomic mass is 16.4. The minimum Gasteiger partial charge on any atom is -0.435 e. The van der Waals surface area contributed by atoms with E-state index in [2.05, 4.69) is 49.7 Å². The summed E-state index contributed by atoms with van der Waals surface area (Å²) in [5.41, 5.74) is 4.62. The highest BCUT2D eigenvalue weighted by Gasteiger charge is 2.42. The predicted molar refractivity (Wildman–Crippen MR) is 145 cm³/mol. The molecule has 3 aromatic carbocycles. The predicted octanol–water partition coefficient (Wildman–Crippen LogP) is 6.80. The lowest BCUT2D eigenvalue weighted by Crippen LogP contribution is -2.44. The van der Waals surface area contributed by atoms with Crippen LogP contribution in [0.25, 0.3) is 44.3 Å². The Balaban J connectivity index is 1.59. The van der Waals surface area contributed by atoms with E-state index in [1.807, 2.05) is 36.4 Å². The van der Waals surface area contributed by atoms with E-state index in [0.29, 0.717) is 22.1 Å². The van der Waals surface area contributed by atoms with Crippen molar-refractivity contribution in [3.8, 4) is 17.5 Å². The van der Waals surface area contributed by atoms with Gasteiger partial charge in [0.15, 0.2) is 5.58 Å². The Morgan fingerprint density at radius 2 is 1.70 bits per heavy atom. The molecule has 7 rings (SSSR count). The molecule has 0 N–H and O–H groups in total. The van der Waals surface area contributed by atoms with Crippen molar-refractivity contribution in [3.63, 3.8) is 0 Å². The largest absolute Gasteiger partial charge is 0.435 e. The Kier molecular flexibility index (Phi) is 4.32. The van der Waals surface area contributed by atoms with Crippen molar-refractivity contribution in [1.29, 1.82) is 5.26 Å². The Bertz CT molecular complexity index is 1880. The van der Waals surface area contributed by atoms with Crippen LogP contribution in [0.2, 0.25) is 0 Å². The first-order valence-electron chi connectivity index (χ1n) is 12.8. The van der Waals surface area contributed by atoms with Crippen molar-refractivity contribution in [2.24, 2.45) is 0 Å². The molecule has 37 heavy (non-hydrogen) atoms. The third-order valence-corrected chi connectivity index (χ3v) is 8.51. The summed E-state index contributed by atoms with van der Waals surface area (Å²) < 4.78 is 12.3. The standard InChI is InChI=1S/C31H27N3O3/c1-30(2)11-13-34-14-12-31(3,4)24-25(34)21(30)15-19-20(16-32)23(29(35)37-27(19)24)28-33-22-10-9-17-7-5-6-8-18(17)26(22)36-28/h5-10,15H,11-14H2,1-4H3. The van der Waals surface area contributed by atoms with Crippen molar-refractivity contribution in [2.75, 3.05) is 18.0 Å². The summed E-state index contributed by atoms with van der Waals surface area (Å²) in [6, 6.07) is 16.1. The zero-order valence-electron chi connectivity index (χ0n) is 21.4. The Morgan fingerprint density at radius 3 is 2.49 bits per heavy atom. The first-order valence-corrected chi connectivity index (χ1v) is 12.8. The minimum atomic E-state index is -0.598. The molecule has 0 aliphatic carbocycles. The summed E-state index contributed by atoms with van der Waals surface area (Å²) in [5.74, 6) is 0.116. The average molecular weight is 490 g/mol. The van der Waals surface area contributed by atoms with Crippen molar-refractivity contribution in [3.05, 3.63) is 69.6 Å². The number of oxazole rings is 1. The number of nitrogens with zero attached hydrogens (tertiary/aromatic N) is 3. The number of hydrogen-bond donors (Lipinski definition) is 0. The summed E-state index contributed by atoms with van der Waals surface area (Å²) in [6.45, 7) is 10.9. The van der Waals surface area contributed by atoms with Gasteiger partial charge in [0.25, 0.3) is 0 Å². The van der Waals surface area contributed by atoms with Gasteiger partial charge in [0.05, 0.1) is 5.56 Å². The minimum absolute atomic E-state index is 0.0677. The van der Waals surface area contributed by atoms with Crippen LogP contribution in [0.4, 0.5) is 5.69 Å². The molecule has 184 valence electrons. The normalized spacial score (nSPS) is 17.8. The fourth-order valence-corrected chi connectivity index (χ4v) is 6.30. The summed E-state index contributed by atoms with van der Waals surface area (Å²) in [4.78, 5) is 20.7. The second-order valence-corrected chi connectivity index (χ2v) is 11.7. The molecule has 6 heteroatoms. The van der Waals surface area contributed by atoms with E-state index in [-0.39, 0.29) is 27.8 Å². The number of hydrogen-bond acceptors (Lipinski definition) is 6. The van der Waals surface area contributed by atoms with E-state index in [9.17, 15) is 10.1 Å². The van der Waals surface area contributed by atoms with E-state index in [4.69, 9.17) is 8.83 Å². The molecule has 2 aromatic heterocycles. The first-order chi connectivity index (χ1) is 17.7. The fraction of sp³-hybridized carbons (Fsp3) is 0.323. The van der Waals surface area contributed by atoms with Crippen LogP contribution in [0.3, 0.4) is 0 Å². The molecular weight excluding hydrogens is 462 g/mol. The summed E-state index contributed by atoms with van der Waals surface area (Å²) in [7, 11) is 0. The molecule has 0 bridgehead atoms. The van der Waals surface area contributed by atoms with Gasteiger partial charge in [-0.1, -0.05) is 58.0 Å². The van der Waals surface area contributed by atoms with E-state index in [0.717, 1.165) is 42.3 Å². The summed E-state index contributed by atoms with van der Waals surface area (Å²) in [5, 5.41) is 13.0. The number of benzene rings is 3. The van der Waals surface area contributed by atoms with Gasteiger partial charge in [-0.25, -0.2) is 9.78 Å². The molecule has 0 saturated carbocycles. The molecule has 0 amide bonds. The Labute approximate surface area is 214 Å². The summed E-state index contributed by atoms with van der Waals surface area (Å²) in [6.07, 6.45) is 1.97. The third-order valence-electron chi connectivity index (χ3n) is 8.51. The maximum Gasteiger partial charge on any atom is 0.350 e. The first kappa shape index (κ1) is 22.1. The molecule has 6 nitrogen and oxygen atoms in total. The van der Waals surface area contributed by atoms with Crippen LogP contribution in [0.5, 0.6) is 0 Å². The van der Waals surface area contributed by atoms with Crippen molar-refractivity contribution < 1.29 is 8.83 Å². The van der Waals surface area contributed by atoms with Crippen LogP contribution < -0.4 is 10.5 Å². The van der Waals surface area contributed by atoms with Gasteiger partial charge in [-0.15, -0.1) is 0 Å². The van der Waals surface area contributed by atoms with Crippen LogP contribution in [0.1, 0.15) is 57.2 Å². The van der Waals surface area contributed by atoms with Crippen molar-refractivity contribution >= 4 is 38.5 Å².